The zero-order valence-electron chi connectivity index (χ0n) is 20.7. The first-order valence-electron chi connectivity index (χ1n) is 12.5. The first kappa shape index (κ1) is 23.3. The van der Waals surface area contributed by atoms with E-state index in [9.17, 15) is 9.59 Å². The number of hydrogen-bond donors (Lipinski definition) is 0. The van der Waals surface area contributed by atoms with Gasteiger partial charge in [-0.05, 0) is 58.9 Å². The first-order valence-corrected chi connectivity index (χ1v) is 12.5. The zero-order chi connectivity index (χ0) is 24.6. The SMILES string of the molecule is CC(C)(C)OC(=O)N1CCC[C@H]1[C@H]1CCCCN1C(=O)c1cnn2c(-c3ccccc3)ccnc12. The van der Waals surface area contributed by atoms with E-state index in [0.717, 1.165) is 43.4 Å². The highest BCUT2D eigenvalue weighted by atomic mass is 16.6. The lowest BCUT2D eigenvalue weighted by atomic mass is 9.93. The van der Waals surface area contributed by atoms with Crippen molar-refractivity contribution in [3.8, 4) is 11.3 Å². The minimum absolute atomic E-state index is 0.0382. The maximum Gasteiger partial charge on any atom is 0.410 e. The highest BCUT2D eigenvalue weighted by Gasteiger charge is 2.42. The zero-order valence-corrected chi connectivity index (χ0v) is 20.7. The summed E-state index contributed by atoms with van der Waals surface area (Å²) in [5, 5.41) is 4.54. The van der Waals surface area contributed by atoms with Gasteiger partial charge in [-0.25, -0.2) is 14.3 Å². The molecule has 5 rings (SSSR count). The van der Waals surface area contributed by atoms with Crippen LogP contribution < -0.4 is 0 Å². The third-order valence-electron chi connectivity index (χ3n) is 6.88. The molecular weight excluding hydrogens is 442 g/mol. The van der Waals surface area contributed by atoms with E-state index in [0.29, 0.717) is 24.3 Å². The lowest BCUT2D eigenvalue weighted by Crippen LogP contribution is -2.55. The summed E-state index contributed by atoms with van der Waals surface area (Å²) in [5.41, 5.74) is 2.40. The number of carbonyl (C=O) groups is 2. The average Bonchev–Trinajstić information content (AvgIpc) is 3.51. The number of aromatic nitrogens is 3. The molecule has 2 atom stereocenters. The third kappa shape index (κ3) is 4.61. The number of carbonyl (C=O) groups excluding carboxylic acids is 2. The molecule has 1 aromatic carbocycles. The number of piperidine rings is 1. The number of hydrogen-bond acceptors (Lipinski definition) is 5. The predicted octanol–water partition coefficient (Wildman–Crippen LogP) is 4.79. The number of nitrogens with zero attached hydrogens (tertiary/aromatic N) is 5. The van der Waals surface area contributed by atoms with Gasteiger partial charge in [0.2, 0.25) is 0 Å². The summed E-state index contributed by atoms with van der Waals surface area (Å²) in [6, 6.07) is 11.8. The van der Waals surface area contributed by atoms with Crippen LogP contribution in [0.15, 0.2) is 48.8 Å². The number of fused-ring (bicyclic) bond motifs is 1. The first-order chi connectivity index (χ1) is 16.8. The molecular formula is C27H33N5O3. The normalized spacial score (nSPS) is 20.9. The maximum absolute atomic E-state index is 13.9. The molecule has 35 heavy (non-hydrogen) atoms. The number of likely N-dealkylation sites (tertiary alicyclic amines) is 2. The van der Waals surface area contributed by atoms with Gasteiger partial charge in [-0.2, -0.15) is 5.10 Å². The second-order valence-corrected chi connectivity index (χ2v) is 10.4. The Balaban J connectivity index is 1.44. The van der Waals surface area contributed by atoms with Gasteiger partial charge < -0.3 is 14.5 Å². The third-order valence-corrected chi connectivity index (χ3v) is 6.88. The largest absolute Gasteiger partial charge is 0.444 e. The second kappa shape index (κ2) is 9.32. The lowest BCUT2D eigenvalue weighted by molar-refractivity contribution is 0.00768. The van der Waals surface area contributed by atoms with Crippen molar-refractivity contribution >= 4 is 17.6 Å². The standard InChI is InChI=1S/C27H33N5O3/c1-27(2,3)35-26(34)31-17-9-13-23(31)22-12-7-8-16-30(22)25(33)20-18-29-32-21(14-15-28-24(20)32)19-10-5-4-6-11-19/h4-6,10-11,14-15,18,22-23H,7-9,12-13,16-17H2,1-3H3/t22-,23+/m1/s1. The Morgan fingerprint density at radius 2 is 1.66 bits per heavy atom. The monoisotopic (exact) mass is 475 g/mol. The minimum atomic E-state index is -0.550. The molecule has 8 heteroatoms. The van der Waals surface area contributed by atoms with E-state index in [1.54, 1.807) is 16.9 Å². The van der Waals surface area contributed by atoms with Crippen LogP contribution in [0.1, 0.15) is 63.2 Å². The molecule has 2 aliphatic heterocycles. The van der Waals surface area contributed by atoms with Gasteiger partial charge in [0.25, 0.3) is 5.91 Å². The van der Waals surface area contributed by atoms with Crippen molar-refractivity contribution in [3.05, 3.63) is 54.4 Å². The molecule has 2 aliphatic rings. The Hall–Kier alpha value is -3.42. The fourth-order valence-electron chi connectivity index (χ4n) is 5.37. The molecule has 4 heterocycles. The molecule has 2 fully saturated rings. The van der Waals surface area contributed by atoms with Crippen LogP contribution >= 0.6 is 0 Å². The fourth-order valence-corrected chi connectivity index (χ4v) is 5.37. The highest BCUT2D eigenvalue weighted by Crippen LogP contribution is 2.32. The fraction of sp³-hybridized carbons (Fsp3) is 0.481. The van der Waals surface area contributed by atoms with Crippen LogP contribution in [0.5, 0.6) is 0 Å². The Bertz CT molecular complexity index is 1220. The molecule has 2 aromatic heterocycles. The molecule has 0 saturated carbocycles. The number of amides is 2. The molecule has 0 radical (unpaired) electrons. The van der Waals surface area contributed by atoms with Gasteiger partial charge in [0, 0.05) is 24.8 Å². The Kier molecular flexibility index (Phi) is 6.21. The second-order valence-electron chi connectivity index (χ2n) is 10.4. The summed E-state index contributed by atoms with van der Waals surface area (Å²) in [5.74, 6) is -0.0709. The molecule has 0 aliphatic carbocycles. The van der Waals surface area contributed by atoms with Gasteiger partial charge >= 0.3 is 6.09 Å². The molecule has 0 spiro atoms. The van der Waals surface area contributed by atoms with Crippen LogP contribution in [0.4, 0.5) is 4.79 Å². The summed E-state index contributed by atoms with van der Waals surface area (Å²) in [6.45, 7) is 6.98. The van der Waals surface area contributed by atoms with Crippen molar-refractivity contribution in [1.82, 2.24) is 24.4 Å². The van der Waals surface area contributed by atoms with Crippen LogP contribution in [0.2, 0.25) is 0 Å². The Labute approximate surface area is 205 Å². The summed E-state index contributed by atoms with van der Waals surface area (Å²) < 4.78 is 7.42. The van der Waals surface area contributed by atoms with Gasteiger partial charge in [-0.15, -0.1) is 0 Å². The van der Waals surface area contributed by atoms with Gasteiger partial charge in [0.1, 0.15) is 11.2 Å². The number of benzene rings is 1. The molecule has 8 nitrogen and oxygen atoms in total. The molecule has 0 N–H and O–H groups in total. The van der Waals surface area contributed by atoms with Gasteiger partial charge in [0.15, 0.2) is 5.65 Å². The van der Waals surface area contributed by atoms with E-state index in [2.05, 4.69) is 10.1 Å². The summed E-state index contributed by atoms with van der Waals surface area (Å²) in [6.07, 6.45) is 7.72. The van der Waals surface area contributed by atoms with Crippen molar-refractivity contribution in [3.63, 3.8) is 0 Å². The number of ether oxygens (including phenoxy) is 1. The van der Waals surface area contributed by atoms with E-state index in [1.165, 1.54) is 0 Å². The summed E-state index contributed by atoms with van der Waals surface area (Å²) >= 11 is 0. The van der Waals surface area contributed by atoms with E-state index >= 15 is 0 Å². The van der Waals surface area contributed by atoms with Crippen molar-refractivity contribution in [2.45, 2.75) is 70.6 Å². The van der Waals surface area contributed by atoms with Crippen molar-refractivity contribution < 1.29 is 14.3 Å². The predicted molar refractivity (Wildman–Crippen MR) is 133 cm³/mol. The number of rotatable bonds is 3. The quantitative estimate of drug-likeness (QED) is 0.544. The summed E-state index contributed by atoms with van der Waals surface area (Å²) in [7, 11) is 0. The molecule has 2 amide bonds. The van der Waals surface area contributed by atoms with Crippen molar-refractivity contribution in [2.24, 2.45) is 0 Å². The van der Waals surface area contributed by atoms with Crippen LogP contribution in [0, 0.1) is 0 Å². The van der Waals surface area contributed by atoms with Crippen LogP contribution in [0.25, 0.3) is 16.9 Å². The molecule has 3 aromatic rings. The summed E-state index contributed by atoms with van der Waals surface area (Å²) in [4.78, 5) is 35.1. The highest BCUT2D eigenvalue weighted by molar-refractivity contribution is 6.00. The molecule has 0 bridgehead atoms. The van der Waals surface area contributed by atoms with E-state index in [-0.39, 0.29) is 24.1 Å². The molecule has 0 unspecified atom stereocenters. The Morgan fingerprint density at radius 3 is 2.43 bits per heavy atom. The van der Waals surface area contributed by atoms with Crippen LogP contribution in [0.3, 0.4) is 0 Å². The van der Waals surface area contributed by atoms with Gasteiger partial charge in [0.05, 0.1) is 24.0 Å². The maximum atomic E-state index is 13.9. The van der Waals surface area contributed by atoms with E-state index < -0.39 is 5.60 Å². The van der Waals surface area contributed by atoms with Crippen LogP contribution in [-0.4, -0.2) is 67.2 Å². The smallest absolute Gasteiger partial charge is 0.410 e. The van der Waals surface area contributed by atoms with Crippen molar-refractivity contribution in [2.75, 3.05) is 13.1 Å². The molecule has 2 saturated heterocycles. The van der Waals surface area contributed by atoms with Crippen molar-refractivity contribution in [1.29, 1.82) is 0 Å². The van der Waals surface area contributed by atoms with Crippen LogP contribution in [-0.2, 0) is 4.74 Å². The van der Waals surface area contributed by atoms with E-state index in [1.807, 2.05) is 67.0 Å². The Morgan fingerprint density at radius 1 is 0.943 bits per heavy atom. The van der Waals surface area contributed by atoms with Gasteiger partial charge in [-0.3, -0.25) is 4.79 Å². The molecule has 184 valence electrons. The average molecular weight is 476 g/mol. The van der Waals surface area contributed by atoms with Gasteiger partial charge in [-0.1, -0.05) is 30.3 Å². The van der Waals surface area contributed by atoms with E-state index in [4.69, 9.17) is 4.74 Å². The topological polar surface area (TPSA) is 80.0 Å². The lowest BCUT2D eigenvalue weighted by Gasteiger charge is -2.42. The minimum Gasteiger partial charge on any atom is -0.444 e.